The van der Waals surface area contributed by atoms with Crippen molar-refractivity contribution >= 4 is 41.3 Å². The van der Waals surface area contributed by atoms with Crippen molar-refractivity contribution in [3.05, 3.63) is 71.9 Å². The van der Waals surface area contributed by atoms with Gasteiger partial charge in [-0.25, -0.2) is 15.0 Å². The van der Waals surface area contributed by atoms with Gasteiger partial charge in [0, 0.05) is 42.8 Å². The summed E-state index contributed by atoms with van der Waals surface area (Å²) in [4.78, 5) is 21.8. The summed E-state index contributed by atoms with van der Waals surface area (Å²) in [5.41, 5.74) is 10.7. The Bertz CT molecular complexity index is 1510. The second-order valence-electron chi connectivity index (χ2n) is 9.89. The van der Waals surface area contributed by atoms with E-state index < -0.39 is 5.79 Å². The van der Waals surface area contributed by atoms with Crippen molar-refractivity contribution < 1.29 is 19.0 Å². The number of ether oxygens (including phenoxy) is 3. The maximum atomic E-state index is 12.0. The number of pyridine rings is 2. The first-order valence-electron chi connectivity index (χ1n) is 13.0. The lowest BCUT2D eigenvalue weighted by Crippen LogP contribution is -2.57. The third-order valence-electron chi connectivity index (χ3n) is 7.03. The summed E-state index contributed by atoms with van der Waals surface area (Å²) in [6.07, 6.45) is 3.36. The van der Waals surface area contributed by atoms with Gasteiger partial charge >= 0.3 is 0 Å². The number of carbonyl (C=O) groups excluding carboxylic acids is 1. The van der Waals surface area contributed by atoms with Crippen molar-refractivity contribution in [2.24, 2.45) is 0 Å². The summed E-state index contributed by atoms with van der Waals surface area (Å²) >= 11 is 4.44. The Labute approximate surface area is 239 Å². The number of aryl methyl sites for hydroxylation is 1. The molecule has 2 fully saturated rings. The molecule has 2 aliphatic heterocycles. The maximum absolute atomic E-state index is 12.0. The van der Waals surface area contributed by atoms with Gasteiger partial charge in [-0.1, -0.05) is 18.2 Å². The van der Waals surface area contributed by atoms with Crippen LogP contribution >= 0.6 is 12.6 Å². The van der Waals surface area contributed by atoms with Crippen molar-refractivity contribution in [2.45, 2.75) is 24.0 Å². The molecule has 2 aromatic heterocycles. The number of benzene rings is 2. The number of hydrogen-bond donors (Lipinski definition) is 2. The molecule has 0 atom stereocenters. The van der Waals surface area contributed by atoms with E-state index >= 15 is 0 Å². The Morgan fingerprint density at radius 1 is 1.10 bits per heavy atom. The average molecular weight is 560 g/mol. The molecule has 208 valence electrons. The first-order chi connectivity index (χ1) is 19.3. The van der Waals surface area contributed by atoms with Gasteiger partial charge in [-0.2, -0.15) is 0 Å². The number of methoxy groups -OCH3 is 1. The summed E-state index contributed by atoms with van der Waals surface area (Å²) in [6.45, 7) is 4.42. The van der Waals surface area contributed by atoms with E-state index in [4.69, 9.17) is 24.9 Å². The molecule has 2 N–H and O–H groups in total. The molecule has 4 heterocycles. The van der Waals surface area contributed by atoms with E-state index in [9.17, 15) is 4.79 Å². The van der Waals surface area contributed by atoms with Gasteiger partial charge < -0.3 is 19.9 Å². The minimum atomic E-state index is -0.640. The molecular weight excluding hydrogens is 526 g/mol. The van der Waals surface area contributed by atoms with Crippen LogP contribution in [-0.2, 0) is 9.47 Å². The number of hydrazine groups is 1. The number of nitrogens with zero attached hydrogens (tertiary/aromatic N) is 4. The average Bonchev–Trinajstić information content (AvgIpc) is 3.41. The van der Waals surface area contributed by atoms with Crippen molar-refractivity contribution in [1.29, 1.82) is 0 Å². The van der Waals surface area contributed by atoms with Crippen molar-refractivity contribution in [3.63, 3.8) is 0 Å². The van der Waals surface area contributed by atoms with Crippen LogP contribution in [0.3, 0.4) is 0 Å². The second kappa shape index (κ2) is 11.8. The highest BCUT2D eigenvalue weighted by Gasteiger charge is 2.43. The van der Waals surface area contributed by atoms with Crippen LogP contribution in [0.2, 0.25) is 0 Å². The van der Waals surface area contributed by atoms with Gasteiger partial charge in [0.15, 0.2) is 17.9 Å². The minimum Gasteiger partial charge on any atom is -0.480 e. The predicted octanol–water partition coefficient (Wildman–Crippen LogP) is 4.78. The van der Waals surface area contributed by atoms with Gasteiger partial charge in [-0.05, 0) is 54.4 Å². The normalized spacial score (nSPS) is 16.6. The molecule has 0 amide bonds. The van der Waals surface area contributed by atoms with Gasteiger partial charge in [-0.3, -0.25) is 9.80 Å². The molecule has 2 saturated heterocycles. The lowest BCUT2D eigenvalue weighted by Gasteiger charge is -2.44. The van der Waals surface area contributed by atoms with E-state index in [0.29, 0.717) is 41.9 Å². The molecule has 9 nitrogen and oxygen atoms in total. The molecule has 40 heavy (non-hydrogen) atoms. The fraction of sp³-hybridized carbons (Fsp3) is 0.300. The van der Waals surface area contributed by atoms with Crippen LogP contribution < -0.4 is 15.5 Å². The van der Waals surface area contributed by atoms with Crippen LogP contribution in [0.1, 0.15) is 22.3 Å². The standard InChI is InChI=1S/C23H24N4O4S.C7H9N/c1-26-6-5-23(30-7-8-31-23)14-27(26)21-18(13-28)10-16-9-15(3-4-19(16)25-21)17-11-20(32)22(29-2)24-12-17;1-6-3-2-4-7(8)5-6/h3-4,9-13,32H,5-8,14H2,1-2H3;2-5H,8H2,1H3. The van der Waals surface area contributed by atoms with Crippen LogP contribution in [0.5, 0.6) is 5.88 Å². The van der Waals surface area contributed by atoms with E-state index in [0.717, 1.165) is 47.0 Å². The highest BCUT2D eigenvalue weighted by Crippen LogP contribution is 2.34. The predicted molar refractivity (Wildman–Crippen MR) is 159 cm³/mol. The molecule has 4 aromatic rings. The number of fused-ring (bicyclic) bond motifs is 1. The van der Waals surface area contributed by atoms with E-state index in [1.807, 2.05) is 73.6 Å². The topological polar surface area (TPSA) is 103 Å². The van der Waals surface area contributed by atoms with E-state index in [1.165, 1.54) is 5.56 Å². The van der Waals surface area contributed by atoms with Crippen LogP contribution in [0, 0.1) is 6.92 Å². The van der Waals surface area contributed by atoms with E-state index in [-0.39, 0.29) is 0 Å². The molecule has 0 aliphatic carbocycles. The number of aldehydes is 1. The second-order valence-corrected chi connectivity index (χ2v) is 10.4. The van der Waals surface area contributed by atoms with Gasteiger partial charge in [0.2, 0.25) is 5.88 Å². The molecule has 2 aromatic carbocycles. The van der Waals surface area contributed by atoms with Crippen molar-refractivity contribution in [1.82, 2.24) is 15.0 Å². The third-order valence-corrected chi connectivity index (χ3v) is 7.35. The summed E-state index contributed by atoms with van der Waals surface area (Å²) in [5.74, 6) is 0.440. The van der Waals surface area contributed by atoms with Crippen LogP contribution in [0.15, 0.2) is 65.7 Å². The number of hydrogen-bond acceptors (Lipinski definition) is 10. The summed E-state index contributed by atoms with van der Waals surface area (Å²) in [7, 11) is 3.55. The summed E-state index contributed by atoms with van der Waals surface area (Å²) in [6, 6.07) is 17.5. The Balaban J connectivity index is 0.000000348. The largest absolute Gasteiger partial charge is 0.480 e. The lowest BCUT2D eigenvalue weighted by atomic mass is 10.0. The fourth-order valence-electron chi connectivity index (χ4n) is 4.93. The number of rotatable bonds is 4. The zero-order valence-electron chi connectivity index (χ0n) is 22.8. The number of aromatic nitrogens is 2. The van der Waals surface area contributed by atoms with Crippen LogP contribution in [0.25, 0.3) is 22.0 Å². The Hall–Kier alpha value is -3.70. The number of carbonyl (C=O) groups is 1. The summed E-state index contributed by atoms with van der Waals surface area (Å²) in [5, 5.41) is 4.91. The highest BCUT2D eigenvalue weighted by molar-refractivity contribution is 7.80. The van der Waals surface area contributed by atoms with E-state index in [1.54, 1.807) is 13.3 Å². The van der Waals surface area contributed by atoms with Crippen LogP contribution in [-0.4, -0.2) is 67.5 Å². The monoisotopic (exact) mass is 559 g/mol. The van der Waals surface area contributed by atoms with Gasteiger partial charge in [0.05, 0.1) is 42.8 Å². The lowest BCUT2D eigenvalue weighted by molar-refractivity contribution is -0.173. The number of thiol groups is 1. The Kier molecular flexibility index (Phi) is 8.22. The molecule has 0 radical (unpaired) electrons. The molecule has 1 spiro atoms. The smallest absolute Gasteiger partial charge is 0.226 e. The Morgan fingerprint density at radius 3 is 2.55 bits per heavy atom. The van der Waals surface area contributed by atoms with Crippen molar-refractivity contribution in [3.8, 4) is 17.0 Å². The van der Waals surface area contributed by atoms with Gasteiger partial charge in [0.25, 0.3) is 0 Å². The molecule has 2 aliphatic rings. The maximum Gasteiger partial charge on any atom is 0.226 e. The molecular formula is C30H33N5O4S. The first kappa shape index (κ1) is 27.9. The summed E-state index contributed by atoms with van der Waals surface area (Å²) < 4.78 is 17.0. The number of anilines is 2. The molecule has 10 heteroatoms. The zero-order valence-corrected chi connectivity index (χ0v) is 23.7. The number of nitrogen functional groups attached to an aromatic ring is 1. The van der Waals surface area contributed by atoms with E-state index in [2.05, 4.69) is 22.6 Å². The Morgan fingerprint density at radius 2 is 1.90 bits per heavy atom. The molecule has 6 rings (SSSR count). The zero-order chi connectivity index (χ0) is 28.3. The molecule has 0 bridgehead atoms. The van der Waals surface area contributed by atoms with Crippen LogP contribution in [0.4, 0.5) is 11.5 Å². The quantitative estimate of drug-likeness (QED) is 0.208. The molecule has 0 saturated carbocycles. The first-order valence-corrected chi connectivity index (χ1v) is 13.5. The third kappa shape index (κ3) is 5.90. The molecule has 0 unspecified atom stereocenters. The van der Waals surface area contributed by atoms with Crippen molar-refractivity contribution in [2.75, 3.05) is 51.2 Å². The van der Waals surface area contributed by atoms with Gasteiger partial charge in [0.1, 0.15) is 0 Å². The minimum absolute atomic E-state index is 0.478. The highest BCUT2D eigenvalue weighted by atomic mass is 32.1. The fourth-order valence-corrected chi connectivity index (χ4v) is 5.22. The van der Waals surface area contributed by atoms with Gasteiger partial charge in [-0.15, -0.1) is 12.6 Å². The SMILES string of the molecule is COc1ncc(-c2ccc3nc(N4CC5(CCN4C)OCCO5)c(C=O)cc3c2)cc1S.Cc1cccc(N)c1. The number of nitrogens with two attached hydrogens (primary N) is 1.